The molecule has 0 aromatic carbocycles. The summed E-state index contributed by atoms with van der Waals surface area (Å²) in [5, 5.41) is 7.89. The van der Waals surface area contributed by atoms with Gasteiger partial charge in [0.25, 0.3) is 0 Å². The molecule has 0 saturated heterocycles. The van der Waals surface area contributed by atoms with Crippen LogP contribution in [0.2, 0.25) is 0 Å². The first-order chi connectivity index (χ1) is 7.97. The minimum atomic E-state index is 0.338. The van der Waals surface area contributed by atoms with Crippen LogP contribution in [0.1, 0.15) is 39.3 Å². The molecule has 0 amide bonds. The van der Waals surface area contributed by atoms with E-state index >= 15 is 0 Å². The van der Waals surface area contributed by atoms with Crippen LogP contribution < -0.4 is 5.73 Å². The van der Waals surface area contributed by atoms with Gasteiger partial charge < -0.3 is 5.73 Å². The molecule has 0 aliphatic carbocycles. The minimum absolute atomic E-state index is 0.338. The Morgan fingerprint density at radius 1 is 1.29 bits per heavy atom. The quantitative estimate of drug-likeness (QED) is 0.640. The van der Waals surface area contributed by atoms with E-state index in [4.69, 9.17) is 5.73 Å². The van der Waals surface area contributed by atoms with E-state index in [2.05, 4.69) is 36.0 Å². The van der Waals surface area contributed by atoms with Crippen molar-refractivity contribution >= 4 is 18.2 Å². The molecule has 0 unspecified atom stereocenters. The lowest BCUT2D eigenvalue weighted by molar-refractivity contribution is 0.387. The number of pyridine rings is 1. The van der Waals surface area contributed by atoms with Gasteiger partial charge in [-0.15, -0.1) is 0 Å². The van der Waals surface area contributed by atoms with Crippen LogP contribution in [0, 0.1) is 5.41 Å². The van der Waals surface area contributed by atoms with Gasteiger partial charge in [-0.05, 0) is 30.4 Å². The zero-order valence-electron chi connectivity index (χ0n) is 10.7. The molecule has 0 spiro atoms. The first-order valence-corrected chi connectivity index (χ1v) is 5.75. The molecular formula is C13H20N4. The molecule has 1 aromatic rings. The highest BCUT2D eigenvalue weighted by atomic mass is 15.2. The number of rotatable bonds is 4. The Morgan fingerprint density at radius 3 is 2.71 bits per heavy atom. The molecule has 0 atom stereocenters. The van der Waals surface area contributed by atoms with Gasteiger partial charge in [-0.2, -0.15) is 10.2 Å². The zero-order valence-corrected chi connectivity index (χ0v) is 10.7. The summed E-state index contributed by atoms with van der Waals surface area (Å²) in [6.45, 7) is 6.63. The van der Waals surface area contributed by atoms with Gasteiger partial charge in [0.2, 0.25) is 0 Å². The van der Waals surface area contributed by atoms with Crippen LogP contribution in [-0.2, 0) is 0 Å². The average molecular weight is 232 g/mol. The van der Waals surface area contributed by atoms with Gasteiger partial charge in [-0.1, -0.05) is 26.8 Å². The van der Waals surface area contributed by atoms with Gasteiger partial charge in [0, 0.05) is 6.21 Å². The molecule has 0 fully saturated rings. The van der Waals surface area contributed by atoms with Crippen LogP contribution in [0.3, 0.4) is 0 Å². The highest BCUT2D eigenvalue weighted by Gasteiger charge is 2.07. The molecule has 0 aliphatic rings. The summed E-state index contributed by atoms with van der Waals surface area (Å²) >= 11 is 0. The number of anilines is 1. The fourth-order valence-corrected chi connectivity index (χ4v) is 1.24. The van der Waals surface area contributed by atoms with E-state index in [1.165, 1.54) is 0 Å². The Balaban J connectivity index is 2.38. The molecule has 2 N–H and O–H groups in total. The first kappa shape index (κ1) is 13.4. The summed E-state index contributed by atoms with van der Waals surface area (Å²) in [6.07, 6.45) is 5.46. The van der Waals surface area contributed by atoms with Crippen molar-refractivity contribution in [3.8, 4) is 0 Å². The average Bonchev–Trinajstić information content (AvgIpc) is 2.22. The highest BCUT2D eigenvalue weighted by Crippen LogP contribution is 2.19. The molecule has 17 heavy (non-hydrogen) atoms. The number of hydrogen-bond acceptors (Lipinski definition) is 4. The molecule has 4 nitrogen and oxygen atoms in total. The fourth-order valence-electron chi connectivity index (χ4n) is 1.24. The summed E-state index contributed by atoms with van der Waals surface area (Å²) in [7, 11) is 0. The Hall–Kier alpha value is -1.71. The van der Waals surface area contributed by atoms with E-state index in [9.17, 15) is 0 Å². The monoisotopic (exact) mass is 232 g/mol. The van der Waals surface area contributed by atoms with Crippen LogP contribution in [0.25, 0.3) is 0 Å². The third-order valence-electron chi connectivity index (χ3n) is 2.15. The molecule has 0 aliphatic heterocycles. The summed E-state index contributed by atoms with van der Waals surface area (Å²) in [5.41, 5.74) is 6.61. The Bertz CT molecular complexity index is 402. The van der Waals surface area contributed by atoms with E-state index in [-0.39, 0.29) is 0 Å². The predicted octanol–water partition coefficient (Wildman–Crippen LogP) is 2.89. The Labute approximate surface area is 103 Å². The molecule has 0 bridgehead atoms. The summed E-state index contributed by atoms with van der Waals surface area (Å²) < 4.78 is 0. The normalized spacial score (nSPS) is 12.6. The highest BCUT2D eigenvalue weighted by molar-refractivity contribution is 5.77. The number of nitrogen functional groups attached to an aromatic ring is 1. The molecule has 1 rings (SSSR count). The second-order valence-electron chi connectivity index (χ2n) is 5.13. The second kappa shape index (κ2) is 6.13. The van der Waals surface area contributed by atoms with Gasteiger partial charge in [-0.3, -0.25) is 0 Å². The maximum Gasteiger partial charge on any atom is 0.124 e. The van der Waals surface area contributed by atoms with Gasteiger partial charge >= 0.3 is 0 Å². The molecule has 0 saturated carbocycles. The van der Waals surface area contributed by atoms with Gasteiger partial charge in [0.05, 0.1) is 11.9 Å². The van der Waals surface area contributed by atoms with Crippen LogP contribution in [-0.4, -0.2) is 17.4 Å². The molecular weight excluding hydrogens is 212 g/mol. The molecule has 4 heteroatoms. The van der Waals surface area contributed by atoms with E-state index in [0.717, 1.165) is 18.5 Å². The van der Waals surface area contributed by atoms with E-state index in [1.807, 2.05) is 18.3 Å². The summed E-state index contributed by atoms with van der Waals surface area (Å²) in [5.74, 6) is 0.491. The van der Waals surface area contributed by atoms with Gasteiger partial charge in [-0.25, -0.2) is 4.98 Å². The zero-order chi connectivity index (χ0) is 12.7. The van der Waals surface area contributed by atoms with E-state index < -0.39 is 0 Å². The Morgan fingerprint density at radius 2 is 2.06 bits per heavy atom. The second-order valence-corrected chi connectivity index (χ2v) is 5.13. The third-order valence-corrected chi connectivity index (χ3v) is 2.15. The minimum Gasteiger partial charge on any atom is -0.384 e. The maximum absolute atomic E-state index is 5.55. The lowest BCUT2D eigenvalue weighted by Gasteiger charge is -2.15. The van der Waals surface area contributed by atoms with Crippen LogP contribution in [0.15, 0.2) is 28.4 Å². The van der Waals surface area contributed by atoms with Crippen molar-refractivity contribution in [1.82, 2.24) is 4.98 Å². The van der Waals surface area contributed by atoms with Gasteiger partial charge in [0.1, 0.15) is 5.82 Å². The maximum atomic E-state index is 5.55. The molecule has 1 heterocycles. The largest absolute Gasteiger partial charge is 0.384 e. The van der Waals surface area contributed by atoms with E-state index in [1.54, 1.807) is 12.3 Å². The third kappa shape index (κ3) is 6.45. The van der Waals surface area contributed by atoms with Crippen LogP contribution in [0.5, 0.6) is 0 Å². The lowest BCUT2D eigenvalue weighted by atomic mass is 9.91. The fraction of sp³-hybridized carbons (Fsp3) is 0.462. The summed E-state index contributed by atoms with van der Waals surface area (Å²) in [4.78, 5) is 4.08. The van der Waals surface area contributed by atoms with Crippen molar-refractivity contribution in [2.24, 2.45) is 15.6 Å². The Kier molecular flexibility index (Phi) is 4.82. The SMILES string of the molecule is CC(C)(C)CC/C=N/N=C/c1cccc(N)n1. The molecule has 1 aromatic heterocycles. The van der Waals surface area contributed by atoms with Crippen LogP contribution >= 0.6 is 0 Å². The predicted molar refractivity (Wildman–Crippen MR) is 73.4 cm³/mol. The van der Waals surface area contributed by atoms with Crippen molar-refractivity contribution < 1.29 is 0 Å². The topological polar surface area (TPSA) is 63.6 Å². The smallest absolute Gasteiger partial charge is 0.124 e. The van der Waals surface area contributed by atoms with Crippen molar-refractivity contribution in [2.45, 2.75) is 33.6 Å². The number of nitrogens with two attached hydrogens (primary N) is 1. The van der Waals surface area contributed by atoms with E-state index in [0.29, 0.717) is 11.2 Å². The van der Waals surface area contributed by atoms with Crippen molar-refractivity contribution in [3.05, 3.63) is 23.9 Å². The number of nitrogens with zero attached hydrogens (tertiary/aromatic N) is 3. The molecule has 0 radical (unpaired) electrons. The van der Waals surface area contributed by atoms with Gasteiger partial charge in [0.15, 0.2) is 0 Å². The van der Waals surface area contributed by atoms with Crippen molar-refractivity contribution in [1.29, 1.82) is 0 Å². The lowest BCUT2D eigenvalue weighted by Crippen LogP contribution is -2.04. The standard InChI is InChI=1S/C13H20N4/c1-13(2,3)8-5-9-15-16-10-11-6-4-7-12(14)17-11/h4,6-7,9-10H,5,8H2,1-3H3,(H2,14,17)/b15-9+,16-10+. The first-order valence-electron chi connectivity index (χ1n) is 5.75. The number of aromatic nitrogens is 1. The van der Waals surface area contributed by atoms with Crippen LogP contribution in [0.4, 0.5) is 5.82 Å². The van der Waals surface area contributed by atoms with Crippen molar-refractivity contribution in [2.75, 3.05) is 5.73 Å². The molecule has 92 valence electrons. The van der Waals surface area contributed by atoms with Crippen molar-refractivity contribution in [3.63, 3.8) is 0 Å². The number of hydrogen-bond donors (Lipinski definition) is 1. The summed E-state index contributed by atoms with van der Waals surface area (Å²) in [6, 6.07) is 5.42.